The highest BCUT2D eigenvalue weighted by atomic mass is 35.5. The van der Waals surface area contributed by atoms with Gasteiger partial charge in [-0.15, -0.1) is 0 Å². The molecule has 0 aromatic carbocycles. The second kappa shape index (κ2) is 8.35. The van der Waals surface area contributed by atoms with Crippen molar-refractivity contribution in [3.05, 3.63) is 28.1 Å². The Balaban J connectivity index is 2.39. The van der Waals surface area contributed by atoms with Crippen LogP contribution in [-0.4, -0.2) is 36.6 Å². The van der Waals surface area contributed by atoms with Gasteiger partial charge in [-0.25, -0.2) is 0 Å². The van der Waals surface area contributed by atoms with Crippen LogP contribution >= 0.6 is 11.6 Å². The lowest BCUT2D eigenvalue weighted by molar-refractivity contribution is 0.199. The van der Waals surface area contributed by atoms with E-state index in [1.54, 1.807) is 11.8 Å². The normalized spacial score (nSPS) is 12.2. The van der Waals surface area contributed by atoms with E-state index in [2.05, 4.69) is 23.4 Å². The van der Waals surface area contributed by atoms with Gasteiger partial charge in [-0.1, -0.05) is 23.3 Å². The third-order valence-corrected chi connectivity index (χ3v) is 3.50. The molecule has 0 fully saturated rings. The second-order valence-corrected chi connectivity index (χ2v) is 5.10. The van der Waals surface area contributed by atoms with E-state index in [-0.39, 0.29) is 0 Å². The summed E-state index contributed by atoms with van der Waals surface area (Å²) >= 11 is 6.22. The summed E-state index contributed by atoms with van der Waals surface area (Å²) in [6, 6.07) is 0. The molecule has 0 saturated carbocycles. The van der Waals surface area contributed by atoms with E-state index in [9.17, 15) is 0 Å². The summed E-state index contributed by atoms with van der Waals surface area (Å²) in [5.74, 6) is 0. The Morgan fingerprint density at radius 1 is 1.47 bits per heavy atom. The molecular formula is C14H24ClN3O. The molecule has 0 atom stereocenters. The number of halogens is 1. The Labute approximate surface area is 120 Å². The highest BCUT2D eigenvalue weighted by Gasteiger charge is 2.10. The Morgan fingerprint density at radius 3 is 2.79 bits per heavy atom. The van der Waals surface area contributed by atoms with Gasteiger partial charge in [-0.3, -0.25) is 4.68 Å². The minimum Gasteiger partial charge on any atom is -0.383 e. The maximum absolute atomic E-state index is 6.22. The standard InChI is InChI=1S/C14H24ClN3O/c1-11(6-5-7-16-8-9-19-4)10-13-12(2)17-18(3)14(13)15/h6,16H,5,7-10H2,1-4H3/b11-6-. The third-order valence-electron chi connectivity index (χ3n) is 3.02. The van der Waals surface area contributed by atoms with E-state index in [4.69, 9.17) is 16.3 Å². The van der Waals surface area contributed by atoms with Gasteiger partial charge < -0.3 is 10.1 Å². The van der Waals surface area contributed by atoms with Crippen molar-refractivity contribution in [2.24, 2.45) is 7.05 Å². The van der Waals surface area contributed by atoms with E-state index in [0.29, 0.717) is 0 Å². The number of ether oxygens (including phenoxy) is 1. The van der Waals surface area contributed by atoms with Gasteiger partial charge in [-0.2, -0.15) is 5.10 Å². The molecule has 19 heavy (non-hydrogen) atoms. The third kappa shape index (κ3) is 5.35. The van der Waals surface area contributed by atoms with Crippen molar-refractivity contribution in [2.75, 3.05) is 26.8 Å². The van der Waals surface area contributed by atoms with E-state index in [1.165, 1.54) is 5.57 Å². The largest absolute Gasteiger partial charge is 0.383 e. The van der Waals surface area contributed by atoms with Crippen LogP contribution in [0.4, 0.5) is 0 Å². The zero-order valence-electron chi connectivity index (χ0n) is 12.3. The van der Waals surface area contributed by atoms with E-state index < -0.39 is 0 Å². The lowest BCUT2D eigenvalue weighted by atomic mass is 10.1. The SMILES string of the molecule is COCCNCC/C=C(/C)Cc1c(C)nn(C)c1Cl. The highest BCUT2D eigenvalue weighted by molar-refractivity contribution is 6.30. The maximum Gasteiger partial charge on any atom is 0.130 e. The van der Waals surface area contributed by atoms with Gasteiger partial charge in [0.2, 0.25) is 0 Å². The van der Waals surface area contributed by atoms with Crippen LogP contribution in [0.5, 0.6) is 0 Å². The first kappa shape index (κ1) is 16.2. The highest BCUT2D eigenvalue weighted by Crippen LogP contribution is 2.21. The zero-order valence-corrected chi connectivity index (χ0v) is 13.0. The van der Waals surface area contributed by atoms with E-state index in [1.807, 2.05) is 14.0 Å². The molecule has 0 saturated heterocycles. The summed E-state index contributed by atoms with van der Waals surface area (Å²) in [7, 11) is 3.59. The molecule has 1 aromatic rings. The second-order valence-electron chi connectivity index (χ2n) is 4.74. The number of hydrogen-bond acceptors (Lipinski definition) is 3. The van der Waals surface area contributed by atoms with Crippen LogP contribution in [-0.2, 0) is 18.2 Å². The molecule has 5 heteroatoms. The minimum absolute atomic E-state index is 0.739. The van der Waals surface area contributed by atoms with Gasteiger partial charge in [0, 0.05) is 26.3 Å². The Morgan fingerprint density at radius 2 is 2.21 bits per heavy atom. The fraction of sp³-hybridized carbons (Fsp3) is 0.643. The van der Waals surface area contributed by atoms with Gasteiger partial charge in [0.1, 0.15) is 5.15 Å². The lowest BCUT2D eigenvalue weighted by Gasteiger charge is -2.04. The van der Waals surface area contributed by atoms with Crippen molar-refractivity contribution in [3.63, 3.8) is 0 Å². The molecule has 0 spiro atoms. The van der Waals surface area contributed by atoms with Crippen LogP contribution in [0.25, 0.3) is 0 Å². The number of hydrogen-bond donors (Lipinski definition) is 1. The maximum atomic E-state index is 6.22. The van der Waals surface area contributed by atoms with Crippen molar-refractivity contribution in [1.29, 1.82) is 0 Å². The Bertz CT molecular complexity index is 427. The first-order valence-electron chi connectivity index (χ1n) is 6.59. The Hall–Kier alpha value is -0.840. The van der Waals surface area contributed by atoms with Gasteiger partial charge in [-0.05, 0) is 33.2 Å². The quantitative estimate of drug-likeness (QED) is 0.589. The smallest absolute Gasteiger partial charge is 0.130 e. The van der Waals surface area contributed by atoms with Crippen LogP contribution in [0.1, 0.15) is 24.6 Å². The topological polar surface area (TPSA) is 39.1 Å². The molecule has 0 aliphatic carbocycles. The van der Waals surface area contributed by atoms with E-state index in [0.717, 1.165) is 48.9 Å². The molecule has 0 bridgehead atoms. The van der Waals surface area contributed by atoms with Crippen molar-refractivity contribution >= 4 is 11.6 Å². The molecule has 0 unspecified atom stereocenters. The number of nitrogens with one attached hydrogen (secondary N) is 1. The van der Waals surface area contributed by atoms with Crippen LogP contribution in [0.3, 0.4) is 0 Å². The molecule has 1 aromatic heterocycles. The van der Waals surface area contributed by atoms with Crippen LogP contribution in [0.15, 0.2) is 11.6 Å². The molecule has 1 heterocycles. The minimum atomic E-state index is 0.739. The molecule has 0 aliphatic heterocycles. The van der Waals surface area contributed by atoms with Gasteiger partial charge >= 0.3 is 0 Å². The van der Waals surface area contributed by atoms with Crippen molar-refractivity contribution in [1.82, 2.24) is 15.1 Å². The van der Waals surface area contributed by atoms with Crippen LogP contribution < -0.4 is 5.32 Å². The molecule has 0 amide bonds. The van der Waals surface area contributed by atoms with Crippen LogP contribution in [0.2, 0.25) is 5.15 Å². The molecule has 108 valence electrons. The van der Waals surface area contributed by atoms with Crippen molar-refractivity contribution < 1.29 is 4.74 Å². The summed E-state index contributed by atoms with van der Waals surface area (Å²) < 4.78 is 6.70. The Kier molecular flexibility index (Phi) is 7.13. The number of allylic oxidation sites excluding steroid dienone is 1. The number of methoxy groups -OCH3 is 1. The average molecular weight is 286 g/mol. The fourth-order valence-electron chi connectivity index (χ4n) is 1.95. The fourth-order valence-corrected chi connectivity index (χ4v) is 2.19. The summed E-state index contributed by atoms with van der Waals surface area (Å²) in [5.41, 5.74) is 3.47. The summed E-state index contributed by atoms with van der Waals surface area (Å²) in [4.78, 5) is 0. The molecule has 0 radical (unpaired) electrons. The molecule has 1 rings (SSSR count). The molecular weight excluding hydrogens is 262 g/mol. The summed E-state index contributed by atoms with van der Waals surface area (Å²) in [6.07, 6.45) is 4.14. The monoisotopic (exact) mass is 285 g/mol. The summed E-state index contributed by atoms with van der Waals surface area (Å²) in [5, 5.41) is 8.38. The average Bonchev–Trinajstić information content (AvgIpc) is 2.60. The number of aryl methyl sites for hydroxylation is 2. The number of aromatic nitrogens is 2. The molecule has 0 aliphatic rings. The van der Waals surface area contributed by atoms with Gasteiger partial charge in [0.15, 0.2) is 0 Å². The lowest BCUT2D eigenvalue weighted by Crippen LogP contribution is -2.19. The predicted octanol–water partition coefficient (Wildman–Crippen LogP) is 2.50. The molecule has 1 N–H and O–H groups in total. The number of nitrogens with zero attached hydrogens (tertiary/aromatic N) is 2. The van der Waals surface area contributed by atoms with Gasteiger partial charge in [0.25, 0.3) is 0 Å². The van der Waals surface area contributed by atoms with Crippen LogP contribution in [0, 0.1) is 6.92 Å². The van der Waals surface area contributed by atoms with E-state index >= 15 is 0 Å². The van der Waals surface area contributed by atoms with Gasteiger partial charge in [0.05, 0.1) is 12.3 Å². The first-order valence-corrected chi connectivity index (χ1v) is 6.97. The molecule has 4 nitrogen and oxygen atoms in total. The van der Waals surface area contributed by atoms with Crippen molar-refractivity contribution in [3.8, 4) is 0 Å². The summed E-state index contributed by atoms with van der Waals surface area (Å²) in [6.45, 7) is 6.77. The zero-order chi connectivity index (χ0) is 14.3. The van der Waals surface area contributed by atoms with Crippen molar-refractivity contribution in [2.45, 2.75) is 26.7 Å². The first-order chi connectivity index (χ1) is 9.06. The number of rotatable bonds is 8. The predicted molar refractivity (Wildman–Crippen MR) is 79.8 cm³/mol.